The third-order valence-corrected chi connectivity index (χ3v) is 3.35. The Bertz CT molecular complexity index is 462. The molecule has 1 aromatic rings. The van der Waals surface area contributed by atoms with Crippen LogP contribution in [0.4, 0.5) is 13.2 Å². The van der Waals surface area contributed by atoms with E-state index in [1.165, 1.54) is 0 Å². The first kappa shape index (κ1) is 13.9. The van der Waals surface area contributed by atoms with E-state index in [2.05, 4.69) is 5.32 Å². The zero-order chi connectivity index (χ0) is 14.0. The zero-order valence-electron chi connectivity index (χ0n) is 10.3. The van der Waals surface area contributed by atoms with Crippen molar-refractivity contribution in [3.8, 4) is 0 Å². The molecule has 3 N–H and O–H groups in total. The van der Waals surface area contributed by atoms with Crippen molar-refractivity contribution in [3.63, 3.8) is 0 Å². The molecule has 0 heterocycles. The van der Waals surface area contributed by atoms with Crippen molar-refractivity contribution < 1.29 is 18.0 Å². The maximum atomic E-state index is 13.0. The SMILES string of the molecule is N[C@H]1CC[C@@H](NC(=O)c2cc(F)c(F)c(F)c2)CC1. The molecular formula is C13H15F3N2O. The molecule has 0 aromatic heterocycles. The van der Waals surface area contributed by atoms with E-state index >= 15 is 0 Å². The largest absolute Gasteiger partial charge is 0.349 e. The van der Waals surface area contributed by atoms with Gasteiger partial charge in [0.05, 0.1) is 0 Å². The molecule has 6 heteroatoms. The third kappa shape index (κ3) is 3.26. The van der Waals surface area contributed by atoms with Gasteiger partial charge in [-0.1, -0.05) is 0 Å². The summed E-state index contributed by atoms with van der Waals surface area (Å²) in [6.45, 7) is 0. The second kappa shape index (κ2) is 5.61. The summed E-state index contributed by atoms with van der Waals surface area (Å²) in [5.74, 6) is -4.90. The molecule has 0 aliphatic heterocycles. The maximum absolute atomic E-state index is 13.0. The Morgan fingerprint density at radius 3 is 2.16 bits per heavy atom. The van der Waals surface area contributed by atoms with E-state index in [4.69, 9.17) is 5.73 Å². The number of nitrogens with two attached hydrogens (primary N) is 1. The highest BCUT2D eigenvalue weighted by Gasteiger charge is 2.22. The Labute approximate surface area is 109 Å². The highest BCUT2D eigenvalue weighted by Crippen LogP contribution is 2.18. The minimum atomic E-state index is -1.57. The number of hydrogen-bond donors (Lipinski definition) is 2. The molecule has 104 valence electrons. The molecule has 0 radical (unpaired) electrons. The molecule has 3 nitrogen and oxygen atoms in total. The van der Waals surface area contributed by atoms with Gasteiger partial charge in [-0.15, -0.1) is 0 Å². The lowest BCUT2D eigenvalue weighted by Crippen LogP contribution is -2.40. The van der Waals surface area contributed by atoms with Crippen molar-refractivity contribution in [2.24, 2.45) is 5.73 Å². The van der Waals surface area contributed by atoms with Gasteiger partial charge in [0.25, 0.3) is 5.91 Å². The van der Waals surface area contributed by atoms with Gasteiger partial charge in [-0.25, -0.2) is 13.2 Å². The standard InChI is InChI=1S/C13H15F3N2O/c14-10-5-7(6-11(15)12(10)16)13(19)18-9-3-1-8(17)2-4-9/h5-6,8-9H,1-4,17H2,(H,18,19)/t8-,9+. The lowest BCUT2D eigenvalue weighted by molar-refractivity contribution is 0.0924. The first-order chi connectivity index (χ1) is 8.97. The smallest absolute Gasteiger partial charge is 0.251 e. The number of hydrogen-bond acceptors (Lipinski definition) is 2. The average molecular weight is 272 g/mol. The predicted octanol–water partition coefficient (Wildman–Crippen LogP) is 2.10. The molecule has 0 atom stereocenters. The average Bonchev–Trinajstić information content (AvgIpc) is 2.38. The molecule has 0 bridgehead atoms. The Balaban J connectivity index is 2.04. The van der Waals surface area contributed by atoms with Gasteiger partial charge in [-0.2, -0.15) is 0 Å². The molecule has 19 heavy (non-hydrogen) atoms. The molecule has 1 fully saturated rings. The van der Waals surface area contributed by atoms with Gasteiger partial charge in [-0.3, -0.25) is 4.79 Å². The van der Waals surface area contributed by atoms with Crippen LogP contribution in [-0.2, 0) is 0 Å². The predicted molar refractivity (Wildman–Crippen MR) is 64.0 cm³/mol. The van der Waals surface area contributed by atoms with Crippen LogP contribution in [0.25, 0.3) is 0 Å². The fourth-order valence-corrected chi connectivity index (χ4v) is 2.22. The molecule has 1 saturated carbocycles. The van der Waals surface area contributed by atoms with Gasteiger partial charge in [0.1, 0.15) is 0 Å². The molecule has 1 amide bonds. The minimum absolute atomic E-state index is 0.0523. The number of amides is 1. The van der Waals surface area contributed by atoms with Crippen molar-refractivity contribution in [2.75, 3.05) is 0 Å². The molecule has 0 spiro atoms. The van der Waals surface area contributed by atoms with Gasteiger partial charge in [0, 0.05) is 17.6 Å². The summed E-state index contributed by atoms with van der Waals surface area (Å²) >= 11 is 0. The monoisotopic (exact) mass is 272 g/mol. The molecule has 1 aliphatic carbocycles. The van der Waals surface area contributed by atoms with E-state index in [1.54, 1.807) is 0 Å². The van der Waals surface area contributed by atoms with E-state index in [-0.39, 0.29) is 17.6 Å². The quantitative estimate of drug-likeness (QED) is 0.810. The van der Waals surface area contributed by atoms with Gasteiger partial charge in [-0.05, 0) is 37.8 Å². The van der Waals surface area contributed by atoms with E-state index in [0.29, 0.717) is 12.1 Å². The number of nitrogens with one attached hydrogen (secondary N) is 1. The maximum Gasteiger partial charge on any atom is 0.251 e. The van der Waals surface area contributed by atoms with Crippen molar-refractivity contribution in [1.29, 1.82) is 0 Å². The molecular weight excluding hydrogens is 257 g/mol. The fourth-order valence-electron chi connectivity index (χ4n) is 2.22. The van der Waals surface area contributed by atoms with Crippen LogP contribution in [0.15, 0.2) is 12.1 Å². The summed E-state index contributed by atoms with van der Waals surface area (Å²) in [6.07, 6.45) is 3.08. The highest BCUT2D eigenvalue weighted by atomic mass is 19.2. The molecule has 1 aliphatic rings. The van der Waals surface area contributed by atoms with Crippen LogP contribution in [0.1, 0.15) is 36.0 Å². The summed E-state index contributed by atoms with van der Waals surface area (Å²) in [5.41, 5.74) is 5.53. The zero-order valence-corrected chi connectivity index (χ0v) is 10.3. The molecule has 0 saturated heterocycles. The third-order valence-electron chi connectivity index (χ3n) is 3.35. The van der Waals surface area contributed by atoms with Crippen molar-refractivity contribution in [2.45, 2.75) is 37.8 Å². The normalized spacial score (nSPS) is 23.2. The Kier molecular flexibility index (Phi) is 4.09. The molecule has 2 rings (SSSR count). The lowest BCUT2D eigenvalue weighted by Gasteiger charge is -2.26. The number of rotatable bonds is 2. The van der Waals surface area contributed by atoms with Gasteiger partial charge in [0.15, 0.2) is 17.5 Å². The van der Waals surface area contributed by atoms with Crippen LogP contribution in [0.2, 0.25) is 0 Å². The summed E-state index contributed by atoms with van der Waals surface area (Å²) in [7, 11) is 0. The van der Waals surface area contributed by atoms with Gasteiger partial charge < -0.3 is 11.1 Å². The summed E-state index contributed by atoms with van der Waals surface area (Å²) in [6, 6.07) is 1.49. The summed E-state index contributed by atoms with van der Waals surface area (Å²) < 4.78 is 38.8. The van der Waals surface area contributed by atoms with Crippen LogP contribution in [0.3, 0.4) is 0 Å². The van der Waals surface area contributed by atoms with Crippen LogP contribution in [0, 0.1) is 17.5 Å². The number of carbonyl (C=O) groups is 1. The molecule has 0 unspecified atom stereocenters. The number of carbonyl (C=O) groups excluding carboxylic acids is 1. The summed E-state index contributed by atoms with van der Waals surface area (Å²) in [4.78, 5) is 11.8. The van der Waals surface area contributed by atoms with Crippen LogP contribution >= 0.6 is 0 Å². The Morgan fingerprint density at radius 2 is 1.63 bits per heavy atom. The van der Waals surface area contributed by atoms with E-state index in [1.807, 2.05) is 0 Å². The van der Waals surface area contributed by atoms with Crippen molar-refractivity contribution in [1.82, 2.24) is 5.32 Å². The lowest BCUT2D eigenvalue weighted by atomic mass is 9.91. The van der Waals surface area contributed by atoms with Gasteiger partial charge >= 0.3 is 0 Å². The highest BCUT2D eigenvalue weighted by molar-refractivity contribution is 5.94. The topological polar surface area (TPSA) is 55.1 Å². The van der Waals surface area contributed by atoms with Crippen LogP contribution < -0.4 is 11.1 Å². The first-order valence-corrected chi connectivity index (χ1v) is 6.18. The van der Waals surface area contributed by atoms with Crippen molar-refractivity contribution in [3.05, 3.63) is 35.1 Å². The van der Waals surface area contributed by atoms with E-state index in [9.17, 15) is 18.0 Å². The number of benzene rings is 1. The van der Waals surface area contributed by atoms with E-state index in [0.717, 1.165) is 25.7 Å². The van der Waals surface area contributed by atoms with Crippen LogP contribution in [-0.4, -0.2) is 18.0 Å². The second-order valence-corrected chi connectivity index (χ2v) is 4.84. The second-order valence-electron chi connectivity index (χ2n) is 4.84. The molecule has 1 aromatic carbocycles. The Morgan fingerprint density at radius 1 is 1.11 bits per heavy atom. The summed E-state index contributed by atoms with van der Waals surface area (Å²) in [5, 5.41) is 2.68. The van der Waals surface area contributed by atoms with Crippen LogP contribution in [0.5, 0.6) is 0 Å². The minimum Gasteiger partial charge on any atom is -0.349 e. The van der Waals surface area contributed by atoms with Crippen molar-refractivity contribution >= 4 is 5.91 Å². The van der Waals surface area contributed by atoms with E-state index < -0.39 is 23.4 Å². The van der Waals surface area contributed by atoms with Gasteiger partial charge in [0.2, 0.25) is 0 Å². The fraction of sp³-hybridized carbons (Fsp3) is 0.462. The number of halogens is 3. The Hall–Kier alpha value is -1.56. The first-order valence-electron chi connectivity index (χ1n) is 6.18.